The van der Waals surface area contributed by atoms with Gasteiger partial charge in [0.2, 0.25) is 0 Å². The molecule has 1 aromatic carbocycles. The average Bonchev–Trinajstić information content (AvgIpc) is 2.91. The number of aryl methyl sites for hydroxylation is 1. The lowest BCUT2D eigenvalue weighted by Gasteiger charge is -2.05. The fraction of sp³-hybridized carbons (Fsp3) is 0.154. The van der Waals surface area contributed by atoms with E-state index in [0.29, 0.717) is 17.7 Å². The van der Waals surface area contributed by atoms with Crippen LogP contribution in [0.5, 0.6) is 0 Å². The first-order valence-corrected chi connectivity index (χ1v) is 5.76. The second-order valence-electron chi connectivity index (χ2n) is 4.04. The van der Waals surface area contributed by atoms with Gasteiger partial charge in [0, 0.05) is 18.3 Å². The molecule has 0 radical (unpaired) electrons. The lowest BCUT2D eigenvalue weighted by Crippen LogP contribution is -2.11. The minimum absolute atomic E-state index is 0.0686. The smallest absolute Gasteiger partial charge is 0.303 e. The summed E-state index contributed by atoms with van der Waals surface area (Å²) in [5, 5.41) is 17.6. The average molecular weight is 259 g/mol. The largest absolute Gasteiger partial charge is 0.481 e. The van der Waals surface area contributed by atoms with Crippen LogP contribution in [0.25, 0.3) is 0 Å². The quantitative estimate of drug-likeness (QED) is 0.761. The molecule has 98 valence electrons. The van der Waals surface area contributed by atoms with Crippen LogP contribution in [-0.2, 0) is 11.2 Å². The molecule has 1 amide bonds. The molecule has 0 fully saturated rings. The Bertz CT molecular complexity index is 579. The lowest BCUT2D eigenvalue weighted by molar-refractivity contribution is -0.136. The molecule has 0 spiro atoms. The molecule has 1 heterocycles. The molecule has 3 N–H and O–H groups in total. The van der Waals surface area contributed by atoms with Crippen LogP contribution < -0.4 is 5.32 Å². The van der Waals surface area contributed by atoms with Crippen molar-refractivity contribution in [2.75, 3.05) is 5.32 Å². The van der Waals surface area contributed by atoms with Gasteiger partial charge in [-0.15, -0.1) is 0 Å². The van der Waals surface area contributed by atoms with Gasteiger partial charge in [0.05, 0.1) is 11.8 Å². The highest BCUT2D eigenvalue weighted by Gasteiger charge is 2.07. The highest BCUT2D eigenvalue weighted by molar-refractivity contribution is 6.03. The number of nitrogens with zero attached hydrogens (tertiary/aromatic N) is 1. The van der Waals surface area contributed by atoms with Crippen molar-refractivity contribution in [3.8, 4) is 0 Å². The highest BCUT2D eigenvalue weighted by atomic mass is 16.4. The summed E-state index contributed by atoms with van der Waals surface area (Å²) in [5.41, 5.74) is 1.94. The molecule has 0 bridgehead atoms. The molecule has 2 aromatic rings. The number of aromatic nitrogens is 2. The van der Waals surface area contributed by atoms with Gasteiger partial charge in [0.1, 0.15) is 0 Å². The van der Waals surface area contributed by atoms with E-state index in [1.807, 2.05) is 6.07 Å². The lowest BCUT2D eigenvalue weighted by atomic mass is 10.1. The first-order chi connectivity index (χ1) is 9.15. The molecular weight excluding hydrogens is 246 g/mol. The molecule has 1 aromatic heterocycles. The van der Waals surface area contributed by atoms with Gasteiger partial charge in [-0.3, -0.25) is 14.7 Å². The van der Waals surface area contributed by atoms with Crippen LogP contribution in [0.4, 0.5) is 5.69 Å². The minimum atomic E-state index is -0.840. The fourth-order valence-corrected chi connectivity index (χ4v) is 1.63. The van der Waals surface area contributed by atoms with Crippen LogP contribution in [0, 0.1) is 0 Å². The Morgan fingerprint density at radius 2 is 2.21 bits per heavy atom. The Labute approximate surface area is 109 Å². The Kier molecular flexibility index (Phi) is 3.92. The number of carbonyl (C=O) groups excluding carboxylic acids is 1. The van der Waals surface area contributed by atoms with Crippen molar-refractivity contribution in [2.45, 2.75) is 12.8 Å². The minimum Gasteiger partial charge on any atom is -0.481 e. The standard InChI is InChI=1S/C13H13N3O3/c17-12(18)5-4-9-2-1-3-11(6-9)16-13(19)10-7-14-15-8-10/h1-3,6-8H,4-5H2,(H,14,15)(H,16,19)(H,17,18). The van der Waals surface area contributed by atoms with Crippen LogP contribution in [0.1, 0.15) is 22.3 Å². The number of nitrogens with one attached hydrogen (secondary N) is 2. The third-order valence-electron chi connectivity index (χ3n) is 2.57. The number of amides is 1. The monoisotopic (exact) mass is 259 g/mol. The van der Waals surface area contributed by atoms with Crippen molar-refractivity contribution >= 4 is 17.6 Å². The molecule has 0 aliphatic heterocycles. The van der Waals surface area contributed by atoms with Crippen molar-refractivity contribution in [3.05, 3.63) is 47.8 Å². The fourth-order valence-electron chi connectivity index (χ4n) is 1.63. The third kappa shape index (κ3) is 3.67. The second kappa shape index (κ2) is 5.81. The number of rotatable bonds is 5. The number of carboxylic acid groups (broad SMARTS) is 1. The predicted molar refractivity (Wildman–Crippen MR) is 68.9 cm³/mol. The Hall–Kier alpha value is -2.63. The molecular formula is C13H13N3O3. The molecule has 6 nitrogen and oxygen atoms in total. The number of H-pyrrole nitrogens is 1. The van der Waals surface area contributed by atoms with Crippen LogP contribution in [-0.4, -0.2) is 27.2 Å². The normalized spacial score (nSPS) is 10.1. The van der Waals surface area contributed by atoms with E-state index in [0.717, 1.165) is 5.56 Å². The zero-order valence-electron chi connectivity index (χ0n) is 10.1. The van der Waals surface area contributed by atoms with Gasteiger partial charge in [-0.1, -0.05) is 12.1 Å². The predicted octanol–water partition coefficient (Wildman–Crippen LogP) is 1.68. The summed E-state index contributed by atoms with van der Waals surface area (Å²) in [4.78, 5) is 22.3. The first kappa shape index (κ1) is 12.8. The maximum atomic E-state index is 11.8. The summed E-state index contributed by atoms with van der Waals surface area (Å²) >= 11 is 0. The Balaban J connectivity index is 2.02. The zero-order chi connectivity index (χ0) is 13.7. The summed E-state index contributed by atoms with van der Waals surface area (Å²) in [6.45, 7) is 0. The number of carbonyl (C=O) groups is 2. The number of anilines is 1. The maximum absolute atomic E-state index is 11.8. The van der Waals surface area contributed by atoms with Crippen molar-refractivity contribution in [1.29, 1.82) is 0 Å². The maximum Gasteiger partial charge on any atom is 0.303 e. The molecule has 0 atom stereocenters. The SMILES string of the molecule is O=C(O)CCc1cccc(NC(=O)c2cn[nH]c2)c1. The summed E-state index contributed by atoms with van der Waals surface area (Å²) in [7, 11) is 0. The molecule has 6 heteroatoms. The number of carboxylic acids is 1. The molecule has 0 saturated heterocycles. The van der Waals surface area contributed by atoms with Crippen molar-refractivity contribution in [2.24, 2.45) is 0 Å². The summed E-state index contributed by atoms with van der Waals surface area (Å²) in [6, 6.07) is 7.13. The zero-order valence-corrected chi connectivity index (χ0v) is 10.1. The molecule has 0 aliphatic carbocycles. The second-order valence-corrected chi connectivity index (χ2v) is 4.04. The first-order valence-electron chi connectivity index (χ1n) is 5.76. The summed E-state index contributed by atoms with van der Waals surface area (Å²) in [6.07, 6.45) is 3.44. The van der Waals surface area contributed by atoms with E-state index in [2.05, 4.69) is 15.5 Å². The van der Waals surface area contributed by atoms with Crippen molar-refractivity contribution in [1.82, 2.24) is 10.2 Å². The van der Waals surface area contributed by atoms with E-state index in [-0.39, 0.29) is 12.3 Å². The molecule has 19 heavy (non-hydrogen) atoms. The topological polar surface area (TPSA) is 95.1 Å². The van der Waals surface area contributed by atoms with E-state index in [1.54, 1.807) is 18.2 Å². The summed E-state index contributed by atoms with van der Waals surface area (Å²) in [5.74, 6) is -1.10. The van der Waals surface area contributed by atoms with Gasteiger partial charge in [-0.25, -0.2) is 0 Å². The van der Waals surface area contributed by atoms with E-state index in [1.165, 1.54) is 12.4 Å². The van der Waals surface area contributed by atoms with Crippen LogP contribution in [0.15, 0.2) is 36.7 Å². The van der Waals surface area contributed by atoms with Crippen LogP contribution in [0.3, 0.4) is 0 Å². The van der Waals surface area contributed by atoms with E-state index in [9.17, 15) is 9.59 Å². The Morgan fingerprint density at radius 1 is 1.37 bits per heavy atom. The highest BCUT2D eigenvalue weighted by Crippen LogP contribution is 2.13. The van der Waals surface area contributed by atoms with Gasteiger partial charge in [-0.2, -0.15) is 5.10 Å². The molecule has 0 aliphatic rings. The molecule has 0 unspecified atom stereocenters. The van der Waals surface area contributed by atoms with Gasteiger partial charge >= 0.3 is 5.97 Å². The van der Waals surface area contributed by atoms with Crippen LogP contribution >= 0.6 is 0 Å². The van der Waals surface area contributed by atoms with Gasteiger partial charge in [0.25, 0.3) is 5.91 Å². The number of aliphatic carboxylic acids is 1. The van der Waals surface area contributed by atoms with Gasteiger partial charge < -0.3 is 10.4 Å². The van der Waals surface area contributed by atoms with E-state index in [4.69, 9.17) is 5.11 Å². The van der Waals surface area contributed by atoms with E-state index >= 15 is 0 Å². The van der Waals surface area contributed by atoms with E-state index < -0.39 is 5.97 Å². The molecule has 0 saturated carbocycles. The van der Waals surface area contributed by atoms with Crippen LogP contribution in [0.2, 0.25) is 0 Å². The number of benzene rings is 1. The van der Waals surface area contributed by atoms with Gasteiger partial charge in [0.15, 0.2) is 0 Å². The third-order valence-corrected chi connectivity index (χ3v) is 2.57. The van der Waals surface area contributed by atoms with Crippen molar-refractivity contribution < 1.29 is 14.7 Å². The van der Waals surface area contributed by atoms with Gasteiger partial charge in [-0.05, 0) is 24.1 Å². The number of hydrogen-bond donors (Lipinski definition) is 3. The number of hydrogen-bond acceptors (Lipinski definition) is 3. The number of aromatic amines is 1. The molecule has 2 rings (SSSR count). The van der Waals surface area contributed by atoms with Crippen molar-refractivity contribution in [3.63, 3.8) is 0 Å². The summed E-state index contributed by atoms with van der Waals surface area (Å²) < 4.78 is 0. The Morgan fingerprint density at radius 3 is 2.89 bits per heavy atom.